The average molecular weight is 179 g/mol. The lowest BCUT2D eigenvalue weighted by molar-refractivity contribution is 0.201. The Balaban J connectivity index is 2.48. The van der Waals surface area contributed by atoms with Gasteiger partial charge in [-0.1, -0.05) is 19.1 Å². The minimum absolute atomic E-state index is 0.0600. The number of benzene rings is 1. The lowest BCUT2D eigenvalue weighted by Crippen LogP contribution is -2.01. The molecule has 0 aliphatic heterocycles. The fourth-order valence-corrected chi connectivity index (χ4v) is 1.12. The number of rotatable bonds is 5. The standard InChI is InChI=1S/C11H15O2/c1-2-3-10-4-6-11(7-5-10)13-9-8-12/h2,4-7,12H,3,8-9H2,1H3. The van der Waals surface area contributed by atoms with E-state index in [1.165, 1.54) is 5.56 Å². The average Bonchev–Trinajstić information content (AvgIpc) is 2.17. The van der Waals surface area contributed by atoms with E-state index in [0.717, 1.165) is 12.2 Å². The number of hydrogen-bond donors (Lipinski definition) is 1. The first-order valence-electron chi connectivity index (χ1n) is 4.47. The van der Waals surface area contributed by atoms with Crippen LogP contribution in [0.1, 0.15) is 12.5 Å². The fourth-order valence-electron chi connectivity index (χ4n) is 1.12. The largest absolute Gasteiger partial charge is 0.491 e. The van der Waals surface area contributed by atoms with Gasteiger partial charge in [-0.25, -0.2) is 0 Å². The maximum absolute atomic E-state index is 8.54. The van der Waals surface area contributed by atoms with Crippen LogP contribution in [0, 0.1) is 6.42 Å². The van der Waals surface area contributed by atoms with E-state index in [9.17, 15) is 0 Å². The zero-order valence-electron chi connectivity index (χ0n) is 7.86. The van der Waals surface area contributed by atoms with Gasteiger partial charge in [-0.2, -0.15) is 0 Å². The summed E-state index contributed by atoms with van der Waals surface area (Å²) in [4.78, 5) is 0. The molecule has 0 fully saturated rings. The lowest BCUT2D eigenvalue weighted by Gasteiger charge is -2.04. The Bertz CT molecular complexity index is 228. The first kappa shape index (κ1) is 10.1. The van der Waals surface area contributed by atoms with Crippen molar-refractivity contribution < 1.29 is 9.84 Å². The van der Waals surface area contributed by atoms with E-state index >= 15 is 0 Å². The Labute approximate surface area is 79.2 Å². The van der Waals surface area contributed by atoms with Crippen molar-refractivity contribution in [1.29, 1.82) is 0 Å². The maximum atomic E-state index is 8.54. The van der Waals surface area contributed by atoms with E-state index in [4.69, 9.17) is 9.84 Å². The highest BCUT2D eigenvalue weighted by atomic mass is 16.5. The van der Waals surface area contributed by atoms with Gasteiger partial charge >= 0.3 is 0 Å². The zero-order chi connectivity index (χ0) is 9.52. The van der Waals surface area contributed by atoms with Crippen LogP contribution in [0.5, 0.6) is 5.75 Å². The molecule has 1 aromatic rings. The minimum atomic E-state index is 0.0600. The predicted molar refractivity (Wildman–Crippen MR) is 52.7 cm³/mol. The molecule has 2 nitrogen and oxygen atoms in total. The van der Waals surface area contributed by atoms with Gasteiger partial charge in [0.2, 0.25) is 0 Å². The van der Waals surface area contributed by atoms with Gasteiger partial charge in [-0.05, 0) is 30.5 Å². The normalized spacial score (nSPS) is 10.0. The van der Waals surface area contributed by atoms with Gasteiger partial charge in [-0.3, -0.25) is 0 Å². The van der Waals surface area contributed by atoms with Crippen LogP contribution >= 0.6 is 0 Å². The Morgan fingerprint density at radius 3 is 2.54 bits per heavy atom. The second kappa shape index (κ2) is 5.60. The molecule has 1 N–H and O–H groups in total. The molecule has 0 saturated carbocycles. The van der Waals surface area contributed by atoms with Crippen LogP contribution in [0.2, 0.25) is 0 Å². The Morgan fingerprint density at radius 2 is 2.00 bits per heavy atom. The van der Waals surface area contributed by atoms with Gasteiger partial charge in [0.1, 0.15) is 12.4 Å². The molecule has 0 aromatic heterocycles. The molecule has 0 spiro atoms. The van der Waals surface area contributed by atoms with Crippen LogP contribution < -0.4 is 4.74 Å². The van der Waals surface area contributed by atoms with Crippen molar-refractivity contribution in [2.75, 3.05) is 13.2 Å². The molecule has 71 valence electrons. The Kier molecular flexibility index (Phi) is 4.33. The molecule has 1 rings (SSSR count). The number of aliphatic hydroxyl groups is 1. The summed E-state index contributed by atoms with van der Waals surface area (Å²) < 4.78 is 5.23. The summed E-state index contributed by atoms with van der Waals surface area (Å²) >= 11 is 0. The van der Waals surface area contributed by atoms with Crippen molar-refractivity contribution in [3.8, 4) is 5.75 Å². The first-order valence-corrected chi connectivity index (χ1v) is 4.47. The number of ether oxygens (including phenoxy) is 1. The van der Waals surface area contributed by atoms with Crippen molar-refractivity contribution in [2.24, 2.45) is 0 Å². The van der Waals surface area contributed by atoms with Crippen molar-refractivity contribution in [2.45, 2.75) is 13.3 Å². The molecule has 13 heavy (non-hydrogen) atoms. The van der Waals surface area contributed by atoms with E-state index < -0.39 is 0 Å². The second-order valence-corrected chi connectivity index (χ2v) is 2.83. The fraction of sp³-hybridized carbons (Fsp3) is 0.364. The van der Waals surface area contributed by atoms with Crippen LogP contribution in [0.4, 0.5) is 0 Å². The lowest BCUT2D eigenvalue weighted by atomic mass is 10.1. The minimum Gasteiger partial charge on any atom is -0.491 e. The van der Waals surface area contributed by atoms with Crippen molar-refractivity contribution in [3.63, 3.8) is 0 Å². The molecule has 0 aliphatic rings. The zero-order valence-corrected chi connectivity index (χ0v) is 7.86. The predicted octanol–water partition coefficient (Wildman–Crippen LogP) is 1.82. The van der Waals surface area contributed by atoms with Crippen LogP contribution in [-0.2, 0) is 6.42 Å². The third-order valence-electron chi connectivity index (χ3n) is 1.72. The summed E-state index contributed by atoms with van der Waals surface area (Å²) in [5, 5.41) is 8.54. The molecule has 0 unspecified atom stereocenters. The smallest absolute Gasteiger partial charge is 0.119 e. The molecule has 0 saturated heterocycles. The van der Waals surface area contributed by atoms with Crippen LogP contribution in [0.3, 0.4) is 0 Å². The van der Waals surface area contributed by atoms with E-state index in [2.05, 4.69) is 6.42 Å². The van der Waals surface area contributed by atoms with Crippen molar-refractivity contribution in [3.05, 3.63) is 36.2 Å². The Morgan fingerprint density at radius 1 is 1.31 bits per heavy atom. The highest BCUT2D eigenvalue weighted by molar-refractivity contribution is 5.27. The van der Waals surface area contributed by atoms with Gasteiger partial charge < -0.3 is 9.84 Å². The van der Waals surface area contributed by atoms with Crippen molar-refractivity contribution in [1.82, 2.24) is 0 Å². The molecule has 0 atom stereocenters. The molecule has 0 heterocycles. The molecule has 1 aromatic carbocycles. The van der Waals surface area contributed by atoms with Crippen LogP contribution in [0.15, 0.2) is 24.3 Å². The molecule has 2 heteroatoms. The molecular formula is C11H15O2. The topological polar surface area (TPSA) is 29.5 Å². The highest BCUT2D eigenvalue weighted by Gasteiger charge is 1.93. The molecule has 0 amide bonds. The maximum Gasteiger partial charge on any atom is 0.119 e. The molecule has 1 radical (unpaired) electrons. The highest BCUT2D eigenvalue weighted by Crippen LogP contribution is 2.12. The van der Waals surface area contributed by atoms with E-state index in [1.54, 1.807) is 0 Å². The number of hydrogen-bond acceptors (Lipinski definition) is 2. The second-order valence-electron chi connectivity index (χ2n) is 2.83. The summed E-state index contributed by atoms with van der Waals surface area (Å²) in [7, 11) is 0. The third-order valence-corrected chi connectivity index (χ3v) is 1.72. The summed E-state index contributed by atoms with van der Waals surface area (Å²) in [6.45, 7) is 2.46. The SMILES string of the molecule is C[CH]Cc1ccc(OCCO)cc1. The monoisotopic (exact) mass is 179 g/mol. The van der Waals surface area contributed by atoms with Crippen molar-refractivity contribution >= 4 is 0 Å². The third kappa shape index (κ3) is 3.47. The van der Waals surface area contributed by atoms with E-state index in [1.807, 2.05) is 31.2 Å². The Hall–Kier alpha value is -1.02. The molecular weight excluding hydrogens is 164 g/mol. The van der Waals surface area contributed by atoms with E-state index in [-0.39, 0.29) is 6.61 Å². The molecule has 0 aliphatic carbocycles. The van der Waals surface area contributed by atoms with E-state index in [0.29, 0.717) is 6.61 Å². The van der Waals surface area contributed by atoms with Crippen LogP contribution in [0.25, 0.3) is 0 Å². The first-order chi connectivity index (χ1) is 6.36. The molecule has 0 bridgehead atoms. The van der Waals surface area contributed by atoms with Crippen LogP contribution in [-0.4, -0.2) is 18.3 Å². The van der Waals surface area contributed by atoms with Gasteiger partial charge in [0.25, 0.3) is 0 Å². The van der Waals surface area contributed by atoms with Gasteiger partial charge in [0.15, 0.2) is 0 Å². The summed E-state index contributed by atoms with van der Waals surface area (Å²) in [6.07, 6.45) is 3.10. The van der Waals surface area contributed by atoms with Gasteiger partial charge in [-0.15, -0.1) is 0 Å². The van der Waals surface area contributed by atoms with Gasteiger partial charge in [0.05, 0.1) is 6.61 Å². The van der Waals surface area contributed by atoms with Gasteiger partial charge in [0, 0.05) is 0 Å². The number of aliphatic hydroxyl groups excluding tert-OH is 1. The summed E-state index contributed by atoms with van der Waals surface area (Å²) in [5.41, 5.74) is 1.28. The quantitative estimate of drug-likeness (QED) is 0.747. The summed E-state index contributed by atoms with van der Waals surface area (Å²) in [6, 6.07) is 7.92. The summed E-state index contributed by atoms with van der Waals surface area (Å²) in [5.74, 6) is 0.814.